The number of para-hydroxylation sites is 1. The summed E-state index contributed by atoms with van der Waals surface area (Å²) in [7, 11) is 1.87. The molecule has 0 atom stereocenters. The predicted molar refractivity (Wildman–Crippen MR) is 115 cm³/mol. The fraction of sp³-hybridized carbons (Fsp3) is 0.136. The van der Waals surface area contributed by atoms with Crippen molar-refractivity contribution in [3.63, 3.8) is 0 Å². The molecule has 6 nitrogen and oxygen atoms in total. The van der Waals surface area contributed by atoms with Gasteiger partial charge in [-0.2, -0.15) is 0 Å². The molecule has 4 rings (SSSR count). The number of benzene rings is 3. The van der Waals surface area contributed by atoms with E-state index in [1.54, 1.807) is 0 Å². The number of amides is 1. The van der Waals surface area contributed by atoms with Crippen molar-refractivity contribution >= 4 is 34.1 Å². The maximum Gasteiger partial charge on any atom is 0.234 e. The molecule has 29 heavy (non-hydrogen) atoms. The van der Waals surface area contributed by atoms with E-state index in [1.807, 2.05) is 84.4 Å². The number of ether oxygens (including phenoxy) is 1. The van der Waals surface area contributed by atoms with Crippen LogP contribution in [0.15, 0.2) is 78.0 Å². The smallest absolute Gasteiger partial charge is 0.234 e. The van der Waals surface area contributed by atoms with E-state index in [0.29, 0.717) is 17.6 Å². The van der Waals surface area contributed by atoms with Crippen LogP contribution in [0, 0.1) is 0 Å². The molecule has 0 saturated carbocycles. The summed E-state index contributed by atoms with van der Waals surface area (Å²) in [6.45, 7) is 0.316. The van der Waals surface area contributed by atoms with Gasteiger partial charge in [0.05, 0.1) is 5.75 Å². The van der Waals surface area contributed by atoms with Crippen LogP contribution in [-0.4, -0.2) is 26.4 Å². The summed E-state index contributed by atoms with van der Waals surface area (Å²) in [5.41, 5.74) is 0.809. The largest absolute Gasteiger partial charge is 0.486 e. The molecule has 0 aliphatic carbocycles. The van der Waals surface area contributed by atoms with Crippen LogP contribution in [0.25, 0.3) is 10.8 Å². The Balaban J connectivity index is 1.35. The van der Waals surface area contributed by atoms with Crippen LogP contribution in [0.2, 0.25) is 0 Å². The molecule has 0 saturated heterocycles. The van der Waals surface area contributed by atoms with Crippen molar-refractivity contribution in [1.29, 1.82) is 0 Å². The average molecular weight is 404 g/mol. The molecule has 0 fully saturated rings. The third-order valence-electron chi connectivity index (χ3n) is 4.43. The van der Waals surface area contributed by atoms with Crippen LogP contribution in [0.4, 0.5) is 5.69 Å². The maximum atomic E-state index is 12.4. The quantitative estimate of drug-likeness (QED) is 0.466. The van der Waals surface area contributed by atoms with Gasteiger partial charge in [0.15, 0.2) is 11.0 Å². The summed E-state index contributed by atoms with van der Waals surface area (Å²) in [5, 5.41) is 14.1. The first kappa shape index (κ1) is 19.0. The normalized spacial score (nSPS) is 10.8. The second kappa shape index (κ2) is 8.79. The third kappa shape index (κ3) is 4.57. The molecule has 3 aromatic carbocycles. The van der Waals surface area contributed by atoms with Crippen LogP contribution < -0.4 is 10.1 Å². The van der Waals surface area contributed by atoms with Crippen LogP contribution >= 0.6 is 11.8 Å². The number of thioether (sulfide) groups is 1. The zero-order valence-corrected chi connectivity index (χ0v) is 16.7. The van der Waals surface area contributed by atoms with Crippen molar-refractivity contribution in [2.45, 2.75) is 11.8 Å². The summed E-state index contributed by atoms with van der Waals surface area (Å²) < 4.78 is 7.57. The molecule has 0 aliphatic heterocycles. The number of aromatic nitrogens is 3. The monoisotopic (exact) mass is 404 g/mol. The van der Waals surface area contributed by atoms with Gasteiger partial charge in [0.25, 0.3) is 0 Å². The molecule has 0 spiro atoms. The Bertz CT molecular complexity index is 1120. The number of rotatable bonds is 7. The van der Waals surface area contributed by atoms with E-state index in [4.69, 9.17) is 4.74 Å². The molecule has 0 bridgehead atoms. The van der Waals surface area contributed by atoms with Crippen LogP contribution in [0.1, 0.15) is 5.82 Å². The second-order valence-electron chi connectivity index (χ2n) is 6.42. The van der Waals surface area contributed by atoms with Crippen LogP contribution in [-0.2, 0) is 18.4 Å². The van der Waals surface area contributed by atoms with E-state index in [2.05, 4.69) is 15.5 Å². The first-order valence-electron chi connectivity index (χ1n) is 9.17. The average Bonchev–Trinajstić information content (AvgIpc) is 3.11. The van der Waals surface area contributed by atoms with Gasteiger partial charge in [-0.05, 0) is 23.6 Å². The molecule has 1 heterocycles. The standard InChI is InChI=1S/C22H20N4O2S/c1-26-20(14-28-17-10-3-2-4-11-17)24-25-22(26)29-15-21(27)23-19-13-7-9-16-8-5-6-12-18(16)19/h2-13H,14-15H2,1H3,(H,23,27). The lowest BCUT2D eigenvalue weighted by atomic mass is 10.1. The van der Waals surface area contributed by atoms with Gasteiger partial charge in [-0.1, -0.05) is 66.4 Å². The van der Waals surface area contributed by atoms with Gasteiger partial charge >= 0.3 is 0 Å². The summed E-state index contributed by atoms with van der Waals surface area (Å²) >= 11 is 1.34. The number of nitrogens with zero attached hydrogens (tertiary/aromatic N) is 3. The highest BCUT2D eigenvalue weighted by Gasteiger charge is 2.13. The van der Waals surface area contributed by atoms with Crippen molar-refractivity contribution in [2.75, 3.05) is 11.1 Å². The Morgan fingerprint density at radius 1 is 1.00 bits per heavy atom. The molecule has 0 aliphatic rings. The van der Waals surface area contributed by atoms with Gasteiger partial charge in [-0.15, -0.1) is 10.2 Å². The Kier molecular flexibility index (Phi) is 5.76. The van der Waals surface area contributed by atoms with Gasteiger partial charge < -0.3 is 14.6 Å². The van der Waals surface area contributed by atoms with E-state index in [0.717, 1.165) is 22.2 Å². The topological polar surface area (TPSA) is 69.0 Å². The van der Waals surface area contributed by atoms with E-state index < -0.39 is 0 Å². The van der Waals surface area contributed by atoms with Gasteiger partial charge in [-0.25, -0.2) is 0 Å². The first-order valence-corrected chi connectivity index (χ1v) is 10.2. The zero-order chi connectivity index (χ0) is 20.1. The summed E-state index contributed by atoms with van der Waals surface area (Å²) in [6.07, 6.45) is 0. The SMILES string of the molecule is Cn1c(COc2ccccc2)nnc1SCC(=O)Nc1cccc2ccccc12. The molecule has 1 aromatic heterocycles. The summed E-state index contributed by atoms with van der Waals surface area (Å²) in [6, 6.07) is 23.4. The maximum absolute atomic E-state index is 12.4. The van der Waals surface area contributed by atoms with E-state index >= 15 is 0 Å². The second-order valence-corrected chi connectivity index (χ2v) is 7.37. The third-order valence-corrected chi connectivity index (χ3v) is 5.45. The van der Waals surface area contributed by atoms with E-state index in [9.17, 15) is 4.79 Å². The Morgan fingerprint density at radius 3 is 2.62 bits per heavy atom. The summed E-state index contributed by atoms with van der Waals surface area (Å²) in [4.78, 5) is 12.4. The highest BCUT2D eigenvalue weighted by molar-refractivity contribution is 7.99. The Hall–Kier alpha value is -3.32. The number of hydrogen-bond acceptors (Lipinski definition) is 5. The number of nitrogens with one attached hydrogen (secondary N) is 1. The lowest BCUT2D eigenvalue weighted by Gasteiger charge is -2.09. The van der Waals surface area contributed by atoms with Gasteiger partial charge in [0.1, 0.15) is 12.4 Å². The number of carbonyl (C=O) groups excluding carboxylic acids is 1. The minimum atomic E-state index is -0.0866. The molecule has 0 radical (unpaired) electrons. The highest BCUT2D eigenvalue weighted by atomic mass is 32.2. The number of anilines is 1. The van der Waals surface area contributed by atoms with Crippen LogP contribution in [0.5, 0.6) is 5.75 Å². The number of hydrogen-bond donors (Lipinski definition) is 1. The number of carbonyl (C=O) groups is 1. The van der Waals surface area contributed by atoms with Gasteiger partial charge in [-0.3, -0.25) is 4.79 Å². The van der Waals surface area contributed by atoms with Gasteiger partial charge in [0.2, 0.25) is 5.91 Å². The minimum Gasteiger partial charge on any atom is -0.486 e. The van der Waals surface area contributed by atoms with Crippen molar-refractivity contribution < 1.29 is 9.53 Å². The molecular weight excluding hydrogens is 384 g/mol. The Labute approximate surface area is 172 Å². The minimum absolute atomic E-state index is 0.0866. The van der Waals surface area contributed by atoms with Crippen molar-refractivity contribution in [3.05, 3.63) is 78.6 Å². The van der Waals surface area contributed by atoms with Crippen molar-refractivity contribution in [1.82, 2.24) is 14.8 Å². The Morgan fingerprint density at radius 2 is 1.76 bits per heavy atom. The lowest BCUT2D eigenvalue weighted by Crippen LogP contribution is -2.14. The molecular formula is C22H20N4O2S. The molecule has 146 valence electrons. The van der Waals surface area contributed by atoms with Crippen molar-refractivity contribution in [2.24, 2.45) is 7.05 Å². The first-order chi connectivity index (χ1) is 14.2. The van der Waals surface area contributed by atoms with Gasteiger partial charge in [0, 0.05) is 18.1 Å². The molecule has 0 unspecified atom stereocenters. The van der Waals surface area contributed by atoms with Crippen molar-refractivity contribution in [3.8, 4) is 5.75 Å². The predicted octanol–water partition coefficient (Wildman–Crippen LogP) is 4.28. The fourth-order valence-corrected chi connectivity index (χ4v) is 3.64. The zero-order valence-electron chi connectivity index (χ0n) is 15.9. The molecule has 4 aromatic rings. The molecule has 7 heteroatoms. The highest BCUT2D eigenvalue weighted by Crippen LogP contribution is 2.24. The van der Waals surface area contributed by atoms with Crippen LogP contribution in [0.3, 0.4) is 0 Å². The fourth-order valence-electron chi connectivity index (χ4n) is 2.91. The molecule has 1 amide bonds. The number of fused-ring (bicyclic) bond motifs is 1. The van der Waals surface area contributed by atoms with E-state index in [1.165, 1.54) is 11.8 Å². The lowest BCUT2D eigenvalue weighted by molar-refractivity contribution is -0.113. The van der Waals surface area contributed by atoms with E-state index in [-0.39, 0.29) is 11.7 Å². The summed E-state index contributed by atoms with van der Waals surface area (Å²) in [5.74, 6) is 1.63. The molecule has 1 N–H and O–H groups in total.